The molecule has 3 aliphatic rings. The summed E-state index contributed by atoms with van der Waals surface area (Å²) in [6, 6.07) is 5.14. The normalized spacial score (nSPS) is 28.4. The zero-order valence-electron chi connectivity index (χ0n) is 16.8. The third-order valence-corrected chi connectivity index (χ3v) is 6.79. The first kappa shape index (κ1) is 19.7. The fraction of sp³-hybridized carbons (Fsp3) is 0.545. The third kappa shape index (κ3) is 4.14. The van der Waals surface area contributed by atoms with E-state index in [0.717, 1.165) is 38.4 Å². The van der Waals surface area contributed by atoms with Gasteiger partial charge in [-0.15, -0.1) is 0 Å². The molecule has 30 heavy (non-hydrogen) atoms. The fourth-order valence-corrected chi connectivity index (χ4v) is 4.99. The standard InChI is InChI=1S/C22H27ClN4O3/c23-16-8-17(24)21(25-9-16)27-10-14-6-18(26-22(28)19-2-1-5-29-19)20(7-15(14)11-27)30-12-13-3-4-13/h1-2,5,8-9,13-15,18,20H,3-4,6-7,10-12,24H2,(H,26,28)/t14-,15+,18-,20-/m0/s1. The van der Waals surface area contributed by atoms with Gasteiger partial charge in [-0.1, -0.05) is 11.6 Å². The fourth-order valence-electron chi connectivity index (χ4n) is 4.83. The number of nitrogens with one attached hydrogen (secondary N) is 1. The molecule has 0 bridgehead atoms. The van der Waals surface area contributed by atoms with Crippen LogP contribution in [0.4, 0.5) is 11.5 Å². The SMILES string of the molecule is Nc1cc(Cl)cnc1N1C[C@H]2C[C@H](OCC3CC3)[C@@H](NC(=O)c3ccco3)C[C@H]2C1. The van der Waals surface area contributed by atoms with Gasteiger partial charge < -0.3 is 25.1 Å². The monoisotopic (exact) mass is 430 g/mol. The molecule has 3 heterocycles. The second-order valence-corrected chi connectivity index (χ2v) is 9.27. The van der Waals surface area contributed by atoms with Crippen molar-refractivity contribution >= 4 is 29.0 Å². The minimum absolute atomic E-state index is 0.0150. The van der Waals surface area contributed by atoms with E-state index >= 15 is 0 Å². The van der Waals surface area contributed by atoms with Crippen molar-refractivity contribution in [3.63, 3.8) is 0 Å². The van der Waals surface area contributed by atoms with Crippen LogP contribution in [-0.4, -0.2) is 42.7 Å². The van der Waals surface area contributed by atoms with Crippen molar-refractivity contribution < 1.29 is 13.9 Å². The number of anilines is 2. The van der Waals surface area contributed by atoms with Gasteiger partial charge in [0.05, 0.1) is 29.1 Å². The number of nitrogens with zero attached hydrogens (tertiary/aromatic N) is 2. The summed E-state index contributed by atoms with van der Waals surface area (Å²) in [6.45, 7) is 2.54. The molecule has 3 fully saturated rings. The van der Waals surface area contributed by atoms with Crippen LogP contribution < -0.4 is 16.0 Å². The van der Waals surface area contributed by atoms with E-state index in [1.54, 1.807) is 24.4 Å². The Morgan fingerprint density at radius 1 is 1.33 bits per heavy atom. The molecule has 1 amide bonds. The highest BCUT2D eigenvalue weighted by molar-refractivity contribution is 6.30. The van der Waals surface area contributed by atoms with E-state index in [1.165, 1.54) is 19.1 Å². The highest BCUT2D eigenvalue weighted by Gasteiger charge is 2.44. The molecule has 2 saturated carbocycles. The van der Waals surface area contributed by atoms with Gasteiger partial charge in [0, 0.05) is 25.9 Å². The van der Waals surface area contributed by atoms with Crippen molar-refractivity contribution in [3.05, 3.63) is 41.4 Å². The number of carbonyl (C=O) groups excluding carboxylic acids is 1. The largest absolute Gasteiger partial charge is 0.459 e. The van der Waals surface area contributed by atoms with Crippen LogP contribution in [0.5, 0.6) is 0 Å². The van der Waals surface area contributed by atoms with Crippen molar-refractivity contribution in [2.75, 3.05) is 30.3 Å². The molecule has 1 saturated heterocycles. The highest BCUT2D eigenvalue weighted by Crippen LogP contribution is 2.41. The van der Waals surface area contributed by atoms with Crippen LogP contribution >= 0.6 is 11.6 Å². The van der Waals surface area contributed by atoms with Gasteiger partial charge >= 0.3 is 0 Å². The summed E-state index contributed by atoms with van der Waals surface area (Å²) >= 11 is 6.01. The maximum atomic E-state index is 12.6. The number of carbonyl (C=O) groups is 1. The Kier molecular flexibility index (Phi) is 5.33. The van der Waals surface area contributed by atoms with Gasteiger partial charge in [-0.2, -0.15) is 0 Å². The predicted octanol–water partition coefficient (Wildman–Crippen LogP) is 3.35. The van der Waals surface area contributed by atoms with E-state index in [2.05, 4.69) is 15.2 Å². The molecular formula is C22H27ClN4O3. The smallest absolute Gasteiger partial charge is 0.287 e. The summed E-state index contributed by atoms with van der Waals surface area (Å²) in [4.78, 5) is 19.3. The van der Waals surface area contributed by atoms with E-state index in [9.17, 15) is 4.79 Å². The van der Waals surface area contributed by atoms with Crippen molar-refractivity contribution in [1.82, 2.24) is 10.3 Å². The molecule has 4 atom stereocenters. The summed E-state index contributed by atoms with van der Waals surface area (Å²) in [5.74, 6) is 2.57. The van der Waals surface area contributed by atoms with Crippen LogP contribution in [-0.2, 0) is 4.74 Å². The number of hydrogen-bond acceptors (Lipinski definition) is 6. The minimum Gasteiger partial charge on any atom is -0.459 e. The quantitative estimate of drug-likeness (QED) is 0.729. The summed E-state index contributed by atoms with van der Waals surface area (Å²) in [7, 11) is 0. The Labute approximate surface area is 180 Å². The summed E-state index contributed by atoms with van der Waals surface area (Å²) in [6.07, 6.45) is 7.46. The molecule has 2 aliphatic carbocycles. The Morgan fingerprint density at radius 2 is 2.13 bits per heavy atom. The van der Waals surface area contributed by atoms with Crippen LogP contribution in [0.2, 0.25) is 5.02 Å². The van der Waals surface area contributed by atoms with E-state index in [4.69, 9.17) is 26.5 Å². The first-order valence-corrected chi connectivity index (χ1v) is 11.1. The summed E-state index contributed by atoms with van der Waals surface area (Å²) < 4.78 is 11.6. The lowest BCUT2D eigenvalue weighted by Crippen LogP contribution is -2.50. The van der Waals surface area contributed by atoms with Crippen molar-refractivity contribution in [2.24, 2.45) is 17.8 Å². The van der Waals surface area contributed by atoms with Gasteiger partial charge in [-0.25, -0.2) is 4.98 Å². The van der Waals surface area contributed by atoms with Crippen molar-refractivity contribution in [2.45, 2.75) is 37.8 Å². The van der Waals surface area contributed by atoms with Crippen LogP contribution in [0, 0.1) is 17.8 Å². The van der Waals surface area contributed by atoms with Gasteiger partial charge in [0.2, 0.25) is 0 Å². The van der Waals surface area contributed by atoms with E-state index in [-0.39, 0.29) is 18.1 Å². The first-order valence-electron chi connectivity index (χ1n) is 10.7. The predicted molar refractivity (Wildman–Crippen MR) is 115 cm³/mol. The number of ether oxygens (including phenoxy) is 1. The number of halogens is 1. The average molecular weight is 431 g/mol. The Bertz CT molecular complexity index is 902. The Hall–Kier alpha value is -2.25. The number of amides is 1. The maximum absolute atomic E-state index is 12.6. The summed E-state index contributed by atoms with van der Waals surface area (Å²) in [5, 5.41) is 3.71. The first-order chi connectivity index (χ1) is 14.6. The highest BCUT2D eigenvalue weighted by atomic mass is 35.5. The van der Waals surface area contributed by atoms with Crippen molar-refractivity contribution in [3.8, 4) is 0 Å². The van der Waals surface area contributed by atoms with Crippen LogP contribution in [0.3, 0.4) is 0 Å². The molecule has 2 aromatic heterocycles. The third-order valence-electron chi connectivity index (χ3n) is 6.58. The molecule has 160 valence electrons. The van der Waals surface area contributed by atoms with E-state index in [0.29, 0.717) is 34.2 Å². The number of nitrogen functional groups attached to an aromatic ring is 1. The zero-order chi connectivity index (χ0) is 20.7. The Morgan fingerprint density at radius 3 is 2.83 bits per heavy atom. The van der Waals surface area contributed by atoms with Gasteiger partial charge in [-0.05, 0) is 61.6 Å². The molecule has 0 unspecified atom stereocenters. The maximum Gasteiger partial charge on any atom is 0.287 e. The number of rotatable bonds is 6. The average Bonchev–Trinajstić information content (AvgIpc) is 3.21. The molecular weight excluding hydrogens is 404 g/mol. The number of pyridine rings is 1. The lowest BCUT2D eigenvalue weighted by Gasteiger charge is -2.38. The van der Waals surface area contributed by atoms with E-state index < -0.39 is 0 Å². The molecule has 1 aliphatic heterocycles. The summed E-state index contributed by atoms with van der Waals surface area (Å²) in [5.41, 5.74) is 6.77. The molecule has 0 aromatic carbocycles. The topological polar surface area (TPSA) is 93.6 Å². The number of fused-ring (bicyclic) bond motifs is 1. The van der Waals surface area contributed by atoms with Gasteiger partial charge in [-0.3, -0.25) is 4.79 Å². The molecule has 2 aromatic rings. The number of hydrogen-bond donors (Lipinski definition) is 2. The van der Waals surface area contributed by atoms with Gasteiger partial charge in [0.25, 0.3) is 5.91 Å². The van der Waals surface area contributed by atoms with Gasteiger partial charge in [0.1, 0.15) is 0 Å². The minimum atomic E-state index is -0.179. The second-order valence-electron chi connectivity index (χ2n) is 8.84. The number of furan rings is 1. The number of aromatic nitrogens is 1. The van der Waals surface area contributed by atoms with Crippen LogP contribution in [0.25, 0.3) is 0 Å². The molecule has 7 nitrogen and oxygen atoms in total. The molecule has 0 spiro atoms. The van der Waals surface area contributed by atoms with Crippen LogP contribution in [0.1, 0.15) is 36.2 Å². The van der Waals surface area contributed by atoms with Crippen LogP contribution in [0.15, 0.2) is 35.1 Å². The zero-order valence-corrected chi connectivity index (χ0v) is 17.6. The lowest BCUT2D eigenvalue weighted by molar-refractivity contribution is -0.0213. The lowest BCUT2D eigenvalue weighted by atomic mass is 9.77. The van der Waals surface area contributed by atoms with Crippen molar-refractivity contribution in [1.29, 1.82) is 0 Å². The molecule has 5 rings (SSSR count). The Balaban J connectivity index is 1.30. The number of nitrogens with two attached hydrogens (primary N) is 1. The van der Waals surface area contributed by atoms with Gasteiger partial charge in [0.15, 0.2) is 11.6 Å². The molecule has 0 radical (unpaired) electrons. The molecule has 8 heteroatoms. The second kappa shape index (κ2) is 8.12. The molecule has 3 N–H and O–H groups in total. The van der Waals surface area contributed by atoms with E-state index in [1.807, 2.05) is 0 Å².